The molecule has 6 nitrogen and oxygen atoms in total. The Labute approximate surface area is 192 Å². The number of rotatable bonds is 4. The monoisotopic (exact) mass is 453 g/mol. The Morgan fingerprint density at radius 2 is 2.06 bits per heavy atom. The highest BCUT2D eigenvalue weighted by Gasteiger charge is 2.48. The number of furan rings is 1. The average molecular weight is 454 g/mol. The number of hydrogen-bond acceptors (Lipinski definition) is 3. The maximum absolute atomic E-state index is 13.8. The Kier molecular flexibility index (Phi) is 5.28. The molecule has 0 radical (unpaired) electrons. The minimum atomic E-state index is -1.05. The van der Waals surface area contributed by atoms with Crippen molar-refractivity contribution in [3.8, 4) is 0 Å². The number of nitrogens with zero attached hydrogens (tertiary/aromatic N) is 2. The van der Waals surface area contributed by atoms with Crippen molar-refractivity contribution in [1.29, 1.82) is 0 Å². The van der Waals surface area contributed by atoms with E-state index in [1.54, 1.807) is 23.3 Å². The number of halogens is 1. The van der Waals surface area contributed by atoms with Crippen LogP contribution in [-0.4, -0.2) is 32.9 Å². The van der Waals surface area contributed by atoms with Gasteiger partial charge in [-0.25, -0.2) is 0 Å². The molecule has 1 fully saturated rings. The number of fused-ring (bicyclic) bond motifs is 3. The molecule has 0 bridgehead atoms. The molecule has 32 heavy (non-hydrogen) atoms. The third kappa shape index (κ3) is 3.51. The number of amides is 2. The second-order valence-electron chi connectivity index (χ2n) is 9.42. The number of aromatic nitrogens is 1. The van der Waals surface area contributed by atoms with Crippen LogP contribution in [0, 0.1) is 5.92 Å². The Balaban J connectivity index is 1.53. The molecular weight excluding hydrogens is 426 g/mol. The van der Waals surface area contributed by atoms with Crippen LogP contribution in [0.1, 0.15) is 55.6 Å². The zero-order valence-electron chi connectivity index (χ0n) is 18.4. The Hall–Kier alpha value is -2.73. The lowest BCUT2D eigenvalue weighted by molar-refractivity contribution is -0.134. The fraction of sp³-hybridized carbons (Fsp3) is 0.440. The van der Waals surface area contributed by atoms with Crippen LogP contribution in [0.3, 0.4) is 0 Å². The maximum Gasteiger partial charge on any atom is 0.271 e. The quantitative estimate of drug-likeness (QED) is 0.604. The largest absolute Gasteiger partial charge is 0.463 e. The summed E-state index contributed by atoms with van der Waals surface area (Å²) in [4.78, 5) is 29.2. The Morgan fingerprint density at radius 3 is 2.84 bits per heavy atom. The third-order valence-corrected chi connectivity index (χ3v) is 7.43. The molecule has 1 aliphatic carbocycles. The first-order chi connectivity index (χ1) is 15.4. The molecule has 0 unspecified atom stereocenters. The zero-order valence-corrected chi connectivity index (χ0v) is 19.2. The molecule has 1 aliphatic heterocycles. The van der Waals surface area contributed by atoms with Crippen molar-refractivity contribution in [3.63, 3.8) is 0 Å². The number of carbonyl (C=O) groups is 2. The standard InChI is InChI=1S/C25H28ClN3O3/c1-16-6-3-4-9-19(16)27-24(31)25(2)15-28-20-10-11-32-22(20)13-21(28)23(30)29(25)14-17-7-5-8-18(26)12-17/h5,7-8,10-13,16,19H,3-4,6,9,14-15H2,1-2H3,(H,27,31)/t16-,19-,25+/m1/s1. The van der Waals surface area contributed by atoms with Crippen molar-refractivity contribution in [3.05, 3.63) is 58.9 Å². The van der Waals surface area contributed by atoms with Gasteiger partial charge in [-0.2, -0.15) is 0 Å². The first-order valence-corrected chi connectivity index (χ1v) is 11.7. The van der Waals surface area contributed by atoms with Gasteiger partial charge in [0.1, 0.15) is 11.2 Å². The highest BCUT2D eigenvalue weighted by atomic mass is 35.5. The molecule has 168 valence electrons. The van der Waals surface area contributed by atoms with Crippen LogP contribution in [0.5, 0.6) is 0 Å². The van der Waals surface area contributed by atoms with E-state index < -0.39 is 5.54 Å². The van der Waals surface area contributed by atoms with E-state index in [-0.39, 0.29) is 17.9 Å². The molecule has 0 saturated heterocycles. The van der Waals surface area contributed by atoms with E-state index >= 15 is 0 Å². The van der Waals surface area contributed by atoms with Crippen LogP contribution in [0.4, 0.5) is 0 Å². The highest BCUT2D eigenvalue weighted by Crippen LogP contribution is 2.35. The Bertz CT molecular complexity index is 1180. The molecule has 1 N–H and O–H groups in total. The van der Waals surface area contributed by atoms with Gasteiger partial charge in [0.2, 0.25) is 5.91 Å². The van der Waals surface area contributed by atoms with Crippen LogP contribution < -0.4 is 5.32 Å². The molecule has 3 atom stereocenters. The van der Waals surface area contributed by atoms with Gasteiger partial charge in [0.15, 0.2) is 5.58 Å². The van der Waals surface area contributed by atoms with E-state index in [1.165, 1.54) is 6.42 Å². The van der Waals surface area contributed by atoms with E-state index in [4.69, 9.17) is 16.0 Å². The van der Waals surface area contributed by atoms with Gasteiger partial charge in [0.25, 0.3) is 5.91 Å². The molecule has 2 amide bonds. The molecule has 5 rings (SSSR count). The topological polar surface area (TPSA) is 67.5 Å². The predicted molar refractivity (Wildman–Crippen MR) is 123 cm³/mol. The molecule has 2 aliphatic rings. The van der Waals surface area contributed by atoms with E-state index in [0.29, 0.717) is 35.3 Å². The van der Waals surface area contributed by atoms with Crippen molar-refractivity contribution in [2.45, 2.75) is 64.2 Å². The summed E-state index contributed by atoms with van der Waals surface area (Å²) in [5.41, 5.74) is 1.87. The molecule has 1 aromatic carbocycles. The molecule has 2 aromatic heterocycles. The van der Waals surface area contributed by atoms with Crippen molar-refractivity contribution >= 4 is 34.5 Å². The van der Waals surface area contributed by atoms with Gasteiger partial charge in [-0.3, -0.25) is 9.59 Å². The fourth-order valence-corrected chi connectivity index (χ4v) is 5.41. The van der Waals surface area contributed by atoms with Crippen LogP contribution in [0.25, 0.3) is 11.1 Å². The van der Waals surface area contributed by atoms with Crippen LogP contribution in [0.15, 0.2) is 47.1 Å². The first kappa shape index (κ1) is 21.1. The minimum Gasteiger partial charge on any atom is -0.463 e. The molecular formula is C25H28ClN3O3. The number of hydrogen-bond donors (Lipinski definition) is 1. The fourth-order valence-electron chi connectivity index (χ4n) is 5.19. The van der Waals surface area contributed by atoms with E-state index in [9.17, 15) is 9.59 Å². The molecule has 0 spiro atoms. The van der Waals surface area contributed by atoms with Gasteiger partial charge in [-0.15, -0.1) is 0 Å². The molecule has 1 saturated carbocycles. The summed E-state index contributed by atoms with van der Waals surface area (Å²) in [6, 6.07) is 11.2. The molecule has 7 heteroatoms. The minimum absolute atomic E-state index is 0.109. The summed E-state index contributed by atoms with van der Waals surface area (Å²) >= 11 is 6.20. The maximum atomic E-state index is 13.8. The van der Waals surface area contributed by atoms with Crippen LogP contribution in [-0.2, 0) is 17.9 Å². The summed E-state index contributed by atoms with van der Waals surface area (Å²) in [5, 5.41) is 3.90. The van der Waals surface area contributed by atoms with Gasteiger partial charge in [0, 0.05) is 29.7 Å². The Morgan fingerprint density at radius 1 is 1.25 bits per heavy atom. The van der Waals surface area contributed by atoms with Gasteiger partial charge >= 0.3 is 0 Å². The summed E-state index contributed by atoms with van der Waals surface area (Å²) in [6.45, 7) is 4.73. The summed E-state index contributed by atoms with van der Waals surface area (Å²) in [6.07, 6.45) is 6.03. The van der Waals surface area contributed by atoms with E-state index in [2.05, 4.69) is 12.2 Å². The van der Waals surface area contributed by atoms with E-state index in [0.717, 1.165) is 30.3 Å². The smallest absolute Gasteiger partial charge is 0.271 e. The molecule has 3 aromatic rings. The average Bonchev–Trinajstić information content (AvgIpc) is 3.35. The SMILES string of the molecule is C[C@@H]1CCCC[C@H]1NC(=O)[C@]1(C)Cn2c(cc3occc32)C(=O)N1Cc1cccc(Cl)c1. The number of carbonyl (C=O) groups excluding carboxylic acids is 2. The zero-order chi connectivity index (χ0) is 22.5. The predicted octanol–water partition coefficient (Wildman–Crippen LogP) is 5.00. The van der Waals surface area contributed by atoms with Crippen molar-refractivity contribution in [2.75, 3.05) is 0 Å². The lowest BCUT2D eigenvalue weighted by atomic mass is 9.85. The van der Waals surface area contributed by atoms with Crippen molar-refractivity contribution < 1.29 is 14.0 Å². The first-order valence-electron chi connectivity index (χ1n) is 11.3. The van der Waals surface area contributed by atoms with Gasteiger partial charge < -0.3 is 19.2 Å². The van der Waals surface area contributed by atoms with E-state index in [1.807, 2.05) is 35.8 Å². The molecule has 3 heterocycles. The lowest BCUT2D eigenvalue weighted by Crippen LogP contribution is -2.65. The normalized spacial score (nSPS) is 25.7. The second kappa shape index (κ2) is 8.00. The summed E-state index contributed by atoms with van der Waals surface area (Å²) in [5.74, 6) is 0.138. The second-order valence-corrected chi connectivity index (χ2v) is 9.86. The highest BCUT2D eigenvalue weighted by molar-refractivity contribution is 6.30. The summed E-state index contributed by atoms with van der Waals surface area (Å²) in [7, 11) is 0. The lowest BCUT2D eigenvalue weighted by Gasteiger charge is -2.45. The third-order valence-electron chi connectivity index (χ3n) is 7.20. The van der Waals surface area contributed by atoms with Crippen LogP contribution >= 0.6 is 11.6 Å². The van der Waals surface area contributed by atoms with Gasteiger partial charge in [0.05, 0.1) is 18.3 Å². The summed E-state index contributed by atoms with van der Waals surface area (Å²) < 4.78 is 7.46. The number of benzene rings is 1. The number of nitrogens with one attached hydrogen (secondary N) is 1. The van der Waals surface area contributed by atoms with Gasteiger partial charge in [-0.05, 0) is 43.4 Å². The van der Waals surface area contributed by atoms with Crippen molar-refractivity contribution in [2.24, 2.45) is 5.92 Å². The van der Waals surface area contributed by atoms with Crippen LogP contribution in [0.2, 0.25) is 5.02 Å². The van der Waals surface area contributed by atoms with Gasteiger partial charge in [-0.1, -0.05) is 43.5 Å². The van der Waals surface area contributed by atoms with Crippen molar-refractivity contribution in [1.82, 2.24) is 14.8 Å².